The van der Waals surface area contributed by atoms with Gasteiger partial charge in [-0.2, -0.15) is 0 Å². The summed E-state index contributed by atoms with van der Waals surface area (Å²) >= 11 is 0. The lowest BCUT2D eigenvalue weighted by atomic mass is 10.1. The number of primary amides is 2. The maximum atomic E-state index is 11.2. The Kier molecular flexibility index (Phi) is 2.11. The molecule has 0 saturated carbocycles. The van der Waals surface area contributed by atoms with Crippen LogP contribution in [0.25, 0.3) is 0 Å². The van der Waals surface area contributed by atoms with Crippen LogP contribution in [-0.4, -0.2) is 27.4 Å². The predicted octanol–water partition coefficient (Wildman–Crippen LogP) is -0.764. The summed E-state index contributed by atoms with van der Waals surface area (Å²) in [6.07, 6.45) is 1.85. The monoisotopic (exact) mass is 208 g/mol. The maximum Gasteiger partial charge on any atom is 0.315 e. The molecule has 2 heterocycles. The number of hydrogen-bond donors (Lipinski definition) is 2. The Labute approximate surface area is 86.4 Å². The fourth-order valence-electron chi connectivity index (χ4n) is 1.82. The van der Waals surface area contributed by atoms with Crippen LogP contribution < -0.4 is 11.5 Å². The van der Waals surface area contributed by atoms with Gasteiger partial charge in [-0.25, -0.2) is 4.79 Å². The first kappa shape index (κ1) is 9.57. The molecule has 1 atom stereocenters. The van der Waals surface area contributed by atoms with E-state index in [-0.39, 0.29) is 0 Å². The highest BCUT2D eigenvalue weighted by atomic mass is 16.2. The summed E-state index contributed by atoms with van der Waals surface area (Å²) in [5.41, 5.74) is 11.4. The molecule has 1 unspecified atom stereocenters. The van der Waals surface area contributed by atoms with Crippen molar-refractivity contribution >= 4 is 11.9 Å². The number of nitrogens with zero attached hydrogens (tertiary/aromatic N) is 2. The quantitative estimate of drug-likeness (QED) is 0.634. The molecule has 80 valence electrons. The third kappa shape index (κ3) is 1.54. The zero-order valence-corrected chi connectivity index (χ0v) is 8.09. The van der Waals surface area contributed by atoms with E-state index in [0.29, 0.717) is 13.1 Å². The average molecular weight is 208 g/mol. The number of nitrogens with two attached hydrogens (primary N) is 2. The van der Waals surface area contributed by atoms with Crippen molar-refractivity contribution in [3.8, 4) is 0 Å². The lowest BCUT2D eigenvalue weighted by molar-refractivity contribution is -0.123. The Balaban J connectivity index is 2.33. The molecule has 0 saturated heterocycles. The van der Waals surface area contributed by atoms with Crippen molar-refractivity contribution in [2.75, 3.05) is 0 Å². The van der Waals surface area contributed by atoms with E-state index in [9.17, 15) is 9.59 Å². The zero-order valence-electron chi connectivity index (χ0n) is 8.09. The fraction of sp³-hybridized carbons (Fsp3) is 0.333. The lowest BCUT2D eigenvalue weighted by Crippen LogP contribution is -2.54. The van der Waals surface area contributed by atoms with Crippen LogP contribution >= 0.6 is 0 Å². The van der Waals surface area contributed by atoms with Crippen molar-refractivity contribution in [3.05, 3.63) is 24.0 Å². The number of aromatic nitrogens is 1. The van der Waals surface area contributed by atoms with Gasteiger partial charge in [0.15, 0.2) is 0 Å². The van der Waals surface area contributed by atoms with Gasteiger partial charge in [0, 0.05) is 11.9 Å². The number of carbonyl (C=O) groups excluding carboxylic acids is 2. The zero-order chi connectivity index (χ0) is 11.0. The molecule has 2 rings (SSSR count). The van der Waals surface area contributed by atoms with E-state index >= 15 is 0 Å². The molecule has 0 bridgehead atoms. The van der Waals surface area contributed by atoms with Gasteiger partial charge in [0.2, 0.25) is 5.91 Å². The summed E-state index contributed by atoms with van der Waals surface area (Å²) in [5, 5.41) is 0. The topological polar surface area (TPSA) is 94.3 Å². The minimum absolute atomic E-state index is 0.329. The number of hydrogen-bond acceptors (Lipinski definition) is 2. The van der Waals surface area contributed by atoms with E-state index in [1.54, 1.807) is 0 Å². The average Bonchev–Trinajstić information content (AvgIpc) is 2.61. The van der Waals surface area contributed by atoms with Gasteiger partial charge in [-0.1, -0.05) is 0 Å². The molecule has 4 N–H and O–H groups in total. The van der Waals surface area contributed by atoms with Gasteiger partial charge in [0.05, 0.1) is 13.1 Å². The van der Waals surface area contributed by atoms with E-state index in [1.807, 2.05) is 22.9 Å². The molecule has 0 aromatic carbocycles. The number of amides is 3. The van der Waals surface area contributed by atoms with Crippen LogP contribution in [0.3, 0.4) is 0 Å². The number of carbonyl (C=O) groups is 2. The minimum Gasteiger partial charge on any atom is -0.368 e. The van der Waals surface area contributed by atoms with Crippen molar-refractivity contribution in [1.82, 2.24) is 9.47 Å². The SMILES string of the molecule is NC(=O)C1Cn2cccc2CN1C(N)=O. The fourth-order valence-corrected chi connectivity index (χ4v) is 1.82. The van der Waals surface area contributed by atoms with Crippen LogP contribution in [0.15, 0.2) is 18.3 Å². The van der Waals surface area contributed by atoms with Gasteiger partial charge >= 0.3 is 6.03 Å². The highest BCUT2D eigenvalue weighted by Crippen LogP contribution is 2.17. The van der Waals surface area contributed by atoms with Crippen LogP contribution in [0.5, 0.6) is 0 Å². The van der Waals surface area contributed by atoms with E-state index in [0.717, 1.165) is 5.69 Å². The Morgan fingerprint density at radius 2 is 2.13 bits per heavy atom. The summed E-state index contributed by atoms with van der Waals surface area (Å²) in [4.78, 5) is 23.6. The lowest BCUT2D eigenvalue weighted by Gasteiger charge is -2.33. The molecule has 1 aliphatic rings. The molecule has 0 spiro atoms. The van der Waals surface area contributed by atoms with E-state index in [1.165, 1.54) is 4.90 Å². The largest absolute Gasteiger partial charge is 0.368 e. The number of fused-ring (bicyclic) bond motifs is 1. The van der Waals surface area contributed by atoms with Gasteiger partial charge in [0.25, 0.3) is 0 Å². The molecule has 1 aromatic rings. The van der Waals surface area contributed by atoms with Gasteiger partial charge < -0.3 is 20.9 Å². The van der Waals surface area contributed by atoms with Crippen molar-refractivity contribution in [3.63, 3.8) is 0 Å². The van der Waals surface area contributed by atoms with Gasteiger partial charge in [-0.3, -0.25) is 4.79 Å². The minimum atomic E-state index is -0.651. The normalized spacial score (nSPS) is 19.7. The van der Waals surface area contributed by atoms with Crippen LogP contribution in [0.4, 0.5) is 4.79 Å². The van der Waals surface area contributed by atoms with Gasteiger partial charge in [-0.15, -0.1) is 0 Å². The molecule has 15 heavy (non-hydrogen) atoms. The van der Waals surface area contributed by atoms with Gasteiger partial charge in [-0.05, 0) is 12.1 Å². The Morgan fingerprint density at radius 3 is 2.73 bits per heavy atom. The van der Waals surface area contributed by atoms with Crippen LogP contribution in [-0.2, 0) is 17.9 Å². The maximum absolute atomic E-state index is 11.2. The second-order valence-corrected chi connectivity index (χ2v) is 3.54. The molecule has 3 amide bonds. The van der Waals surface area contributed by atoms with Gasteiger partial charge in [0.1, 0.15) is 6.04 Å². The molecule has 0 aliphatic carbocycles. The summed E-state index contributed by atoms with van der Waals surface area (Å²) < 4.78 is 1.90. The standard InChI is InChI=1S/C9H12N4O2/c10-8(14)7-5-12-3-1-2-6(12)4-13(7)9(11)15/h1-3,7H,4-5H2,(H2,10,14)(H2,11,15). The first-order valence-corrected chi connectivity index (χ1v) is 4.59. The highest BCUT2D eigenvalue weighted by Gasteiger charge is 2.31. The summed E-state index contributed by atoms with van der Waals surface area (Å²) in [6.45, 7) is 0.705. The van der Waals surface area contributed by atoms with Crippen molar-refractivity contribution in [2.24, 2.45) is 11.5 Å². The van der Waals surface area contributed by atoms with E-state index in [4.69, 9.17) is 11.5 Å². The smallest absolute Gasteiger partial charge is 0.315 e. The Hall–Kier alpha value is -1.98. The summed E-state index contributed by atoms with van der Waals surface area (Å²) in [7, 11) is 0. The summed E-state index contributed by atoms with van der Waals surface area (Å²) in [6, 6.07) is 2.47. The molecule has 1 aliphatic heterocycles. The third-order valence-electron chi connectivity index (χ3n) is 2.61. The Bertz CT molecular complexity index is 375. The molecule has 1 aromatic heterocycles. The molecule has 0 radical (unpaired) electrons. The predicted molar refractivity (Wildman–Crippen MR) is 52.5 cm³/mol. The molecular weight excluding hydrogens is 196 g/mol. The highest BCUT2D eigenvalue weighted by molar-refractivity contribution is 5.85. The second-order valence-electron chi connectivity index (χ2n) is 3.54. The van der Waals surface area contributed by atoms with Crippen LogP contribution in [0, 0.1) is 0 Å². The second kappa shape index (κ2) is 3.30. The first-order valence-electron chi connectivity index (χ1n) is 4.59. The molecule has 6 heteroatoms. The number of rotatable bonds is 1. The van der Waals surface area contributed by atoms with Crippen molar-refractivity contribution in [1.29, 1.82) is 0 Å². The molecular formula is C9H12N4O2. The molecule has 6 nitrogen and oxygen atoms in total. The van der Waals surface area contributed by atoms with E-state index in [2.05, 4.69) is 0 Å². The third-order valence-corrected chi connectivity index (χ3v) is 2.61. The molecule has 0 fully saturated rings. The van der Waals surface area contributed by atoms with Crippen LogP contribution in [0.2, 0.25) is 0 Å². The van der Waals surface area contributed by atoms with E-state index < -0.39 is 18.0 Å². The summed E-state index contributed by atoms with van der Waals surface area (Å²) in [5.74, 6) is -0.534. The van der Waals surface area contributed by atoms with Crippen molar-refractivity contribution < 1.29 is 9.59 Å². The van der Waals surface area contributed by atoms with Crippen LogP contribution in [0.1, 0.15) is 5.69 Å². The van der Waals surface area contributed by atoms with Crippen molar-refractivity contribution in [2.45, 2.75) is 19.1 Å². The first-order chi connectivity index (χ1) is 7.09. The number of urea groups is 1. The Morgan fingerprint density at radius 1 is 1.40 bits per heavy atom.